The fourth-order valence-electron chi connectivity index (χ4n) is 2.85. The van der Waals surface area contributed by atoms with Gasteiger partial charge in [0.25, 0.3) is 0 Å². The zero-order valence-electron chi connectivity index (χ0n) is 12.4. The minimum Gasteiger partial charge on any atom is -0.378 e. The Labute approximate surface area is 128 Å². The summed E-state index contributed by atoms with van der Waals surface area (Å²) >= 11 is 0. The number of hydrogen-bond donors (Lipinski definition) is 1. The summed E-state index contributed by atoms with van der Waals surface area (Å²) in [5.74, 6) is 0.729. The molecule has 3 rings (SSSR count). The zero-order valence-corrected chi connectivity index (χ0v) is 12.4. The van der Waals surface area contributed by atoms with Crippen LogP contribution in [0.15, 0.2) is 0 Å². The summed E-state index contributed by atoms with van der Waals surface area (Å²) in [7, 11) is 0. The van der Waals surface area contributed by atoms with Crippen LogP contribution in [0, 0.1) is 10.1 Å². The van der Waals surface area contributed by atoms with Crippen molar-refractivity contribution in [3.63, 3.8) is 0 Å². The van der Waals surface area contributed by atoms with Crippen LogP contribution in [0.2, 0.25) is 0 Å². The number of nitrogens with two attached hydrogens (primary N) is 1. The van der Waals surface area contributed by atoms with Crippen molar-refractivity contribution >= 4 is 23.3 Å². The van der Waals surface area contributed by atoms with Gasteiger partial charge < -0.3 is 20.3 Å². The second-order valence-electron chi connectivity index (χ2n) is 5.49. The highest BCUT2D eigenvalue weighted by molar-refractivity contribution is 5.71. The average Bonchev–Trinajstić information content (AvgIpc) is 2.55. The third kappa shape index (κ3) is 2.89. The highest BCUT2D eigenvalue weighted by Crippen LogP contribution is 2.34. The van der Waals surface area contributed by atoms with Gasteiger partial charge in [-0.25, -0.2) is 0 Å². The lowest BCUT2D eigenvalue weighted by atomic mass is 10.1. The number of aromatic nitrogens is 2. The molecule has 9 heteroatoms. The lowest BCUT2D eigenvalue weighted by molar-refractivity contribution is -0.383. The molecule has 2 aliphatic rings. The smallest absolute Gasteiger partial charge is 0.353 e. The molecule has 0 unspecified atom stereocenters. The van der Waals surface area contributed by atoms with E-state index in [9.17, 15) is 10.1 Å². The first-order valence-electron chi connectivity index (χ1n) is 7.56. The molecule has 0 spiro atoms. The Balaban J connectivity index is 1.99. The van der Waals surface area contributed by atoms with Crippen molar-refractivity contribution in [3.05, 3.63) is 10.1 Å². The van der Waals surface area contributed by atoms with Gasteiger partial charge in [0.1, 0.15) is 0 Å². The largest absolute Gasteiger partial charge is 0.378 e. The topological polar surface area (TPSA) is 111 Å². The lowest BCUT2D eigenvalue weighted by Gasteiger charge is -2.30. The monoisotopic (exact) mass is 308 g/mol. The number of rotatable bonds is 3. The van der Waals surface area contributed by atoms with Gasteiger partial charge in [-0.3, -0.25) is 10.1 Å². The third-order valence-corrected chi connectivity index (χ3v) is 4.01. The molecule has 0 radical (unpaired) electrons. The van der Waals surface area contributed by atoms with E-state index >= 15 is 0 Å². The fourth-order valence-corrected chi connectivity index (χ4v) is 2.85. The van der Waals surface area contributed by atoms with E-state index in [0.717, 1.165) is 32.4 Å². The number of nitro groups is 1. The number of anilines is 3. The Bertz CT molecular complexity index is 555. The van der Waals surface area contributed by atoms with E-state index in [1.807, 2.05) is 9.80 Å². The van der Waals surface area contributed by atoms with E-state index in [1.54, 1.807) is 0 Å². The standard InChI is InChI=1S/C13H20N6O3/c14-11-10(19(20)21)12(17-4-2-1-3-5-17)16-13(15-11)18-6-8-22-9-7-18/h1-9H2,(H2,14,15,16). The van der Waals surface area contributed by atoms with E-state index in [1.165, 1.54) is 0 Å². The van der Waals surface area contributed by atoms with Crippen LogP contribution in [0.3, 0.4) is 0 Å². The van der Waals surface area contributed by atoms with Crippen molar-refractivity contribution in [3.8, 4) is 0 Å². The SMILES string of the molecule is Nc1nc(N2CCOCC2)nc(N2CCCCC2)c1[N+](=O)[O-]. The highest BCUT2D eigenvalue weighted by atomic mass is 16.6. The minimum atomic E-state index is -0.484. The van der Waals surface area contributed by atoms with Gasteiger partial charge in [0.2, 0.25) is 17.6 Å². The molecular formula is C13H20N6O3. The van der Waals surface area contributed by atoms with Crippen molar-refractivity contribution in [2.24, 2.45) is 0 Å². The first-order chi connectivity index (χ1) is 10.7. The molecule has 3 heterocycles. The van der Waals surface area contributed by atoms with Gasteiger partial charge >= 0.3 is 5.69 Å². The van der Waals surface area contributed by atoms with Crippen LogP contribution in [0.25, 0.3) is 0 Å². The molecule has 1 aromatic rings. The Kier molecular flexibility index (Phi) is 4.23. The van der Waals surface area contributed by atoms with Crippen LogP contribution in [-0.4, -0.2) is 54.3 Å². The van der Waals surface area contributed by atoms with E-state index in [4.69, 9.17) is 10.5 Å². The first kappa shape index (κ1) is 14.8. The maximum atomic E-state index is 11.4. The van der Waals surface area contributed by atoms with Gasteiger partial charge in [-0.05, 0) is 19.3 Å². The fraction of sp³-hybridized carbons (Fsp3) is 0.692. The summed E-state index contributed by atoms with van der Waals surface area (Å²) in [5.41, 5.74) is 5.68. The number of nitrogen functional groups attached to an aromatic ring is 1. The molecule has 2 aliphatic heterocycles. The molecule has 0 aliphatic carbocycles. The maximum absolute atomic E-state index is 11.4. The van der Waals surface area contributed by atoms with E-state index < -0.39 is 4.92 Å². The van der Waals surface area contributed by atoms with Gasteiger partial charge in [-0.2, -0.15) is 9.97 Å². The van der Waals surface area contributed by atoms with Gasteiger partial charge in [-0.1, -0.05) is 0 Å². The maximum Gasteiger partial charge on any atom is 0.353 e. The second-order valence-corrected chi connectivity index (χ2v) is 5.49. The third-order valence-electron chi connectivity index (χ3n) is 4.01. The Morgan fingerprint density at radius 1 is 1.05 bits per heavy atom. The molecule has 120 valence electrons. The summed E-state index contributed by atoms with van der Waals surface area (Å²) in [6.45, 7) is 4.05. The molecule has 1 aromatic heterocycles. The van der Waals surface area contributed by atoms with Crippen LogP contribution in [0.1, 0.15) is 19.3 Å². The average molecular weight is 308 g/mol. The molecule has 0 bridgehead atoms. The van der Waals surface area contributed by atoms with Gasteiger partial charge in [0.15, 0.2) is 0 Å². The molecule has 0 aromatic carbocycles. The highest BCUT2D eigenvalue weighted by Gasteiger charge is 2.29. The summed E-state index contributed by atoms with van der Waals surface area (Å²) < 4.78 is 5.31. The number of ether oxygens (including phenoxy) is 1. The lowest BCUT2D eigenvalue weighted by Crippen LogP contribution is -2.38. The summed E-state index contributed by atoms with van der Waals surface area (Å²) in [5, 5.41) is 11.4. The number of piperidine rings is 1. The molecule has 2 saturated heterocycles. The zero-order chi connectivity index (χ0) is 15.5. The number of nitrogens with zero attached hydrogens (tertiary/aromatic N) is 5. The van der Waals surface area contributed by atoms with Gasteiger partial charge in [0.05, 0.1) is 18.1 Å². The van der Waals surface area contributed by atoms with Crippen molar-refractivity contribution in [1.29, 1.82) is 0 Å². The predicted octanol–water partition coefficient (Wildman–Crippen LogP) is 0.794. The number of morpholine rings is 1. The van der Waals surface area contributed by atoms with Crippen molar-refractivity contribution in [1.82, 2.24) is 9.97 Å². The molecule has 0 saturated carbocycles. The van der Waals surface area contributed by atoms with E-state index in [0.29, 0.717) is 38.1 Å². The normalized spacial score (nSPS) is 19.3. The van der Waals surface area contributed by atoms with Gasteiger partial charge in [0, 0.05) is 26.2 Å². The van der Waals surface area contributed by atoms with E-state index in [-0.39, 0.29) is 11.5 Å². The van der Waals surface area contributed by atoms with Crippen LogP contribution < -0.4 is 15.5 Å². The molecule has 22 heavy (non-hydrogen) atoms. The molecule has 2 fully saturated rings. The Morgan fingerprint density at radius 2 is 1.73 bits per heavy atom. The Hall–Kier alpha value is -2.16. The quantitative estimate of drug-likeness (QED) is 0.644. The predicted molar refractivity (Wildman–Crippen MR) is 82.2 cm³/mol. The van der Waals surface area contributed by atoms with Crippen molar-refractivity contribution in [2.75, 3.05) is 54.9 Å². The van der Waals surface area contributed by atoms with Crippen LogP contribution in [-0.2, 0) is 4.74 Å². The van der Waals surface area contributed by atoms with Crippen LogP contribution >= 0.6 is 0 Å². The minimum absolute atomic E-state index is 0.0675. The summed E-state index contributed by atoms with van der Waals surface area (Å²) in [6, 6.07) is 0. The Morgan fingerprint density at radius 3 is 2.36 bits per heavy atom. The molecule has 0 atom stereocenters. The van der Waals surface area contributed by atoms with Gasteiger partial charge in [-0.15, -0.1) is 0 Å². The van der Waals surface area contributed by atoms with Crippen molar-refractivity contribution < 1.29 is 9.66 Å². The van der Waals surface area contributed by atoms with Crippen molar-refractivity contribution in [2.45, 2.75) is 19.3 Å². The van der Waals surface area contributed by atoms with Crippen LogP contribution in [0.5, 0.6) is 0 Å². The van der Waals surface area contributed by atoms with Crippen LogP contribution in [0.4, 0.5) is 23.3 Å². The number of hydrogen-bond acceptors (Lipinski definition) is 8. The van der Waals surface area contributed by atoms with E-state index in [2.05, 4.69) is 9.97 Å². The second kappa shape index (κ2) is 6.30. The molecule has 0 amide bonds. The summed E-state index contributed by atoms with van der Waals surface area (Å²) in [4.78, 5) is 23.4. The summed E-state index contributed by atoms with van der Waals surface area (Å²) in [6.07, 6.45) is 3.16. The molecular weight excluding hydrogens is 288 g/mol. The molecule has 2 N–H and O–H groups in total. The molecule has 9 nitrogen and oxygen atoms in total. The first-order valence-corrected chi connectivity index (χ1v) is 7.56.